The third-order valence-corrected chi connectivity index (χ3v) is 2.63. The Balaban J connectivity index is 2.27. The fourth-order valence-electron chi connectivity index (χ4n) is 1.76. The predicted octanol–water partition coefficient (Wildman–Crippen LogP) is 0.115. The van der Waals surface area contributed by atoms with Gasteiger partial charge in [0.2, 0.25) is 5.91 Å². The summed E-state index contributed by atoms with van der Waals surface area (Å²) < 4.78 is 10.2. The number of nitrogens with zero attached hydrogens (tertiary/aromatic N) is 1. The lowest BCUT2D eigenvalue weighted by Gasteiger charge is -2.23. The lowest BCUT2D eigenvalue weighted by Crippen LogP contribution is -2.39. The number of rotatable bonds is 7. The second-order valence-electron chi connectivity index (χ2n) is 3.95. The number of carboxylic acids is 1. The molecule has 1 fully saturated rings. The lowest BCUT2D eigenvalue weighted by molar-refractivity contribution is -0.146. The van der Waals surface area contributed by atoms with Crippen molar-refractivity contribution in [1.29, 1.82) is 0 Å². The van der Waals surface area contributed by atoms with Gasteiger partial charge in [-0.05, 0) is 19.8 Å². The number of carbonyl (C=O) groups is 2. The third kappa shape index (κ3) is 5.14. The van der Waals surface area contributed by atoms with E-state index >= 15 is 0 Å². The molecule has 1 N–H and O–H groups in total. The molecule has 0 aliphatic carbocycles. The Kier molecular flexibility index (Phi) is 5.93. The van der Waals surface area contributed by atoms with E-state index in [0.29, 0.717) is 13.1 Å². The Hall–Kier alpha value is -1.14. The van der Waals surface area contributed by atoms with Gasteiger partial charge in [-0.1, -0.05) is 0 Å². The van der Waals surface area contributed by atoms with E-state index in [9.17, 15) is 9.59 Å². The minimum absolute atomic E-state index is 0.110. The number of ether oxygens (including phenoxy) is 2. The van der Waals surface area contributed by atoms with Gasteiger partial charge in [-0.3, -0.25) is 4.79 Å². The monoisotopic (exact) mass is 245 g/mol. The van der Waals surface area contributed by atoms with Crippen LogP contribution < -0.4 is 0 Å². The molecule has 0 aromatic heterocycles. The van der Waals surface area contributed by atoms with Gasteiger partial charge >= 0.3 is 5.97 Å². The van der Waals surface area contributed by atoms with Crippen LogP contribution in [0, 0.1) is 0 Å². The number of hydrogen-bond donors (Lipinski definition) is 1. The van der Waals surface area contributed by atoms with E-state index in [0.717, 1.165) is 19.4 Å². The van der Waals surface area contributed by atoms with Crippen molar-refractivity contribution in [2.24, 2.45) is 0 Å². The second kappa shape index (κ2) is 7.24. The van der Waals surface area contributed by atoms with Gasteiger partial charge < -0.3 is 19.5 Å². The predicted molar refractivity (Wildman–Crippen MR) is 59.7 cm³/mol. The molecule has 6 nitrogen and oxygen atoms in total. The van der Waals surface area contributed by atoms with Crippen LogP contribution >= 0.6 is 0 Å². The minimum atomic E-state index is -1.07. The van der Waals surface area contributed by atoms with Crippen LogP contribution in [0.3, 0.4) is 0 Å². The summed E-state index contributed by atoms with van der Waals surface area (Å²) in [5.74, 6) is -1.26. The topological polar surface area (TPSA) is 76.1 Å². The van der Waals surface area contributed by atoms with E-state index in [2.05, 4.69) is 0 Å². The van der Waals surface area contributed by atoms with Crippen molar-refractivity contribution in [3.63, 3.8) is 0 Å². The number of amides is 1. The number of likely N-dealkylation sites (N-methyl/N-ethyl adjacent to an activating group) is 1. The SMILES string of the molecule is CCN(CC1CCCO1)C(=O)COCC(=O)O. The Morgan fingerprint density at radius 3 is 2.76 bits per heavy atom. The highest BCUT2D eigenvalue weighted by molar-refractivity contribution is 5.78. The average molecular weight is 245 g/mol. The van der Waals surface area contributed by atoms with Gasteiger partial charge in [-0.2, -0.15) is 0 Å². The fraction of sp³-hybridized carbons (Fsp3) is 0.818. The number of carbonyl (C=O) groups excluding carboxylic acids is 1. The summed E-state index contributed by atoms with van der Waals surface area (Å²) in [7, 11) is 0. The molecule has 1 aliphatic rings. The van der Waals surface area contributed by atoms with E-state index in [1.165, 1.54) is 0 Å². The summed E-state index contributed by atoms with van der Waals surface area (Å²) in [6.45, 7) is 3.15. The molecule has 98 valence electrons. The van der Waals surface area contributed by atoms with E-state index in [4.69, 9.17) is 14.6 Å². The zero-order valence-electron chi connectivity index (χ0n) is 10.1. The van der Waals surface area contributed by atoms with Gasteiger partial charge in [-0.25, -0.2) is 4.79 Å². The Labute approximate surface area is 100 Å². The van der Waals surface area contributed by atoms with Crippen LogP contribution in [0.15, 0.2) is 0 Å². The Morgan fingerprint density at radius 2 is 2.24 bits per heavy atom. The molecule has 1 rings (SSSR count). The highest BCUT2D eigenvalue weighted by Gasteiger charge is 2.21. The molecule has 6 heteroatoms. The summed E-state index contributed by atoms with van der Waals surface area (Å²) >= 11 is 0. The molecule has 0 saturated carbocycles. The van der Waals surface area contributed by atoms with E-state index < -0.39 is 12.6 Å². The molecule has 0 aromatic rings. The van der Waals surface area contributed by atoms with E-state index in [1.807, 2.05) is 6.92 Å². The van der Waals surface area contributed by atoms with E-state index in [1.54, 1.807) is 4.90 Å². The molecule has 17 heavy (non-hydrogen) atoms. The largest absolute Gasteiger partial charge is 0.480 e. The third-order valence-electron chi connectivity index (χ3n) is 2.63. The second-order valence-corrected chi connectivity index (χ2v) is 3.95. The van der Waals surface area contributed by atoms with Crippen LogP contribution in [0.25, 0.3) is 0 Å². The van der Waals surface area contributed by atoms with Crippen molar-refractivity contribution in [2.75, 3.05) is 32.9 Å². The summed E-state index contributed by atoms with van der Waals surface area (Å²) in [5, 5.41) is 8.38. The Morgan fingerprint density at radius 1 is 1.47 bits per heavy atom. The van der Waals surface area contributed by atoms with Gasteiger partial charge in [0.15, 0.2) is 0 Å². The zero-order chi connectivity index (χ0) is 12.7. The lowest BCUT2D eigenvalue weighted by atomic mass is 10.2. The molecular formula is C11H19NO5. The van der Waals surface area contributed by atoms with Crippen LogP contribution in [0.4, 0.5) is 0 Å². The first kappa shape index (κ1) is 13.9. The summed E-state index contributed by atoms with van der Waals surface area (Å²) in [6.07, 6.45) is 2.12. The molecule has 1 amide bonds. The number of hydrogen-bond acceptors (Lipinski definition) is 4. The standard InChI is InChI=1S/C11H19NO5/c1-2-12(6-9-4-3-5-17-9)10(13)7-16-8-11(14)15/h9H,2-8H2,1H3,(H,14,15). The molecule has 0 spiro atoms. The van der Waals surface area contributed by atoms with Gasteiger partial charge in [-0.15, -0.1) is 0 Å². The zero-order valence-corrected chi connectivity index (χ0v) is 10.1. The van der Waals surface area contributed by atoms with Crippen molar-refractivity contribution >= 4 is 11.9 Å². The normalized spacial score (nSPS) is 19.2. The summed E-state index contributed by atoms with van der Waals surface area (Å²) in [4.78, 5) is 23.6. The highest BCUT2D eigenvalue weighted by Crippen LogP contribution is 2.13. The first-order valence-corrected chi connectivity index (χ1v) is 5.82. The van der Waals surface area contributed by atoms with Crippen LogP contribution in [-0.4, -0.2) is 60.9 Å². The molecule has 0 aromatic carbocycles. The molecule has 0 bridgehead atoms. The molecule has 1 heterocycles. The maximum atomic E-state index is 11.7. The van der Waals surface area contributed by atoms with Gasteiger partial charge in [0.1, 0.15) is 13.2 Å². The van der Waals surface area contributed by atoms with Crippen molar-refractivity contribution in [3.05, 3.63) is 0 Å². The molecule has 1 atom stereocenters. The van der Waals surface area contributed by atoms with Crippen LogP contribution in [0.2, 0.25) is 0 Å². The molecule has 1 unspecified atom stereocenters. The molecular weight excluding hydrogens is 226 g/mol. The van der Waals surface area contributed by atoms with Crippen molar-refractivity contribution in [2.45, 2.75) is 25.9 Å². The van der Waals surface area contributed by atoms with Gasteiger partial charge in [0.25, 0.3) is 0 Å². The number of aliphatic carboxylic acids is 1. The maximum absolute atomic E-state index is 11.7. The van der Waals surface area contributed by atoms with Gasteiger partial charge in [0.05, 0.1) is 6.10 Å². The summed E-state index contributed by atoms with van der Waals surface area (Å²) in [6, 6.07) is 0. The van der Waals surface area contributed by atoms with Crippen LogP contribution in [0.5, 0.6) is 0 Å². The molecule has 1 saturated heterocycles. The first-order chi connectivity index (χ1) is 8.13. The fourth-order valence-corrected chi connectivity index (χ4v) is 1.76. The Bertz CT molecular complexity index is 263. The van der Waals surface area contributed by atoms with Crippen LogP contribution in [-0.2, 0) is 19.1 Å². The maximum Gasteiger partial charge on any atom is 0.329 e. The molecule has 0 radical (unpaired) electrons. The van der Waals surface area contributed by atoms with Crippen molar-refractivity contribution in [3.8, 4) is 0 Å². The van der Waals surface area contributed by atoms with Gasteiger partial charge in [0, 0.05) is 19.7 Å². The van der Waals surface area contributed by atoms with Crippen molar-refractivity contribution < 1.29 is 24.2 Å². The highest BCUT2D eigenvalue weighted by atomic mass is 16.5. The summed E-state index contributed by atoms with van der Waals surface area (Å²) in [5.41, 5.74) is 0. The van der Waals surface area contributed by atoms with Crippen LogP contribution in [0.1, 0.15) is 19.8 Å². The minimum Gasteiger partial charge on any atom is -0.480 e. The first-order valence-electron chi connectivity index (χ1n) is 5.82. The average Bonchev–Trinajstić information content (AvgIpc) is 2.77. The number of carboxylic acid groups (broad SMARTS) is 1. The quantitative estimate of drug-likeness (QED) is 0.689. The molecule has 1 aliphatic heterocycles. The smallest absolute Gasteiger partial charge is 0.329 e. The van der Waals surface area contributed by atoms with Crippen molar-refractivity contribution in [1.82, 2.24) is 4.90 Å². The van der Waals surface area contributed by atoms with E-state index in [-0.39, 0.29) is 18.6 Å².